The minimum Gasteiger partial charge on any atom is -0.348 e. The second kappa shape index (κ2) is 5.44. The van der Waals surface area contributed by atoms with Crippen LogP contribution in [0.2, 0.25) is 5.02 Å². The van der Waals surface area contributed by atoms with Gasteiger partial charge in [0.05, 0.1) is 16.7 Å². The van der Waals surface area contributed by atoms with Gasteiger partial charge in [-0.2, -0.15) is 4.31 Å². The molecule has 1 atom stereocenters. The first-order chi connectivity index (χ1) is 9.23. The molecule has 1 heterocycles. The fourth-order valence-electron chi connectivity index (χ4n) is 2.00. The molecule has 0 aromatic heterocycles. The molecule has 1 unspecified atom stereocenters. The Morgan fingerprint density at radius 2 is 2.20 bits per heavy atom. The number of anilines is 1. The van der Waals surface area contributed by atoms with Gasteiger partial charge in [-0.25, -0.2) is 8.42 Å². The molecule has 1 N–H and O–H groups in total. The highest BCUT2D eigenvalue weighted by atomic mass is 35.5. The topological polar surface area (TPSA) is 49.4 Å². The standard InChI is InChI=1S/C13H15ClN2O2S2/c1-8(2)7-16-9(3)13(19)15-11-5-4-10(14)6-12(11)20(16,17)18/h4-6,9H,1,7H2,2-3H3,(H,15,19). The van der Waals surface area contributed by atoms with Crippen LogP contribution in [-0.2, 0) is 10.0 Å². The molecule has 7 heteroatoms. The Labute approximate surface area is 129 Å². The van der Waals surface area contributed by atoms with E-state index in [2.05, 4.69) is 11.9 Å². The predicted molar refractivity (Wildman–Crippen MR) is 85.8 cm³/mol. The van der Waals surface area contributed by atoms with Gasteiger partial charge in [0.1, 0.15) is 4.90 Å². The summed E-state index contributed by atoms with van der Waals surface area (Å²) in [6.07, 6.45) is 0. The molecule has 4 nitrogen and oxygen atoms in total. The van der Waals surface area contributed by atoms with E-state index in [0.29, 0.717) is 15.7 Å². The van der Waals surface area contributed by atoms with Gasteiger partial charge in [-0.3, -0.25) is 0 Å². The third-order valence-electron chi connectivity index (χ3n) is 3.03. The van der Waals surface area contributed by atoms with E-state index in [0.717, 1.165) is 5.57 Å². The zero-order chi connectivity index (χ0) is 15.1. The third-order valence-corrected chi connectivity index (χ3v) is 5.66. The van der Waals surface area contributed by atoms with Gasteiger partial charge in [0.2, 0.25) is 10.0 Å². The van der Waals surface area contributed by atoms with Gasteiger partial charge in [0.15, 0.2) is 0 Å². The highest BCUT2D eigenvalue weighted by Crippen LogP contribution is 2.32. The molecule has 0 amide bonds. The first kappa shape index (κ1) is 15.4. The van der Waals surface area contributed by atoms with E-state index in [-0.39, 0.29) is 11.4 Å². The Kier molecular flexibility index (Phi) is 4.20. The van der Waals surface area contributed by atoms with E-state index in [4.69, 9.17) is 23.8 Å². The van der Waals surface area contributed by atoms with E-state index < -0.39 is 16.1 Å². The minimum atomic E-state index is -3.68. The van der Waals surface area contributed by atoms with Crippen LogP contribution in [-0.4, -0.2) is 30.3 Å². The number of halogens is 1. The van der Waals surface area contributed by atoms with Crippen molar-refractivity contribution in [2.24, 2.45) is 0 Å². The molecule has 0 spiro atoms. The summed E-state index contributed by atoms with van der Waals surface area (Å²) in [4.78, 5) is 0.592. The maximum Gasteiger partial charge on any atom is 0.246 e. The van der Waals surface area contributed by atoms with Gasteiger partial charge in [-0.15, -0.1) is 0 Å². The second-order valence-corrected chi connectivity index (χ2v) is 7.55. The summed E-state index contributed by atoms with van der Waals surface area (Å²) < 4.78 is 26.9. The molecule has 1 aromatic carbocycles. The molecule has 0 bridgehead atoms. The summed E-state index contributed by atoms with van der Waals surface area (Å²) in [6.45, 7) is 7.54. The molecule has 0 fully saturated rings. The van der Waals surface area contributed by atoms with Crippen LogP contribution in [0.25, 0.3) is 0 Å². The number of nitrogens with zero attached hydrogens (tertiary/aromatic N) is 1. The first-order valence-corrected chi connectivity index (χ1v) is 8.23. The number of benzene rings is 1. The van der Waals surface area contributed by atoms with Crippen LogP contribution in [0, 0.1) is 0 Å². The van der Waals surface area contributed by atoms with Crippen molar-refractivity contribution >= 4 is 44.5 Å². The molecule has 2 rings (SSSR count). The van der Waals surface area contributed by atoms with E-state index in [1.165, 1.54) is 10.4 Å². The Bertz CT molecular complexity index is 686. The maximum atomic E-state index is 12.8. The molecular weight excluding hydrogens is 316 g/mol. The van der Waals surface area contributed by atoms with Crippen LogP contribution in [0.3, 0.4) is 0 Å². The average molecular weight is 331 g/mol. The lowest BCUT2D eigenvalue weighted by atomic mass is 10.2. The smallest absolute Gasteiger partial charge is 0.246 e. The predicted octanol–water partition coefficient (Wildman–Crippen LogP) is 3.05. The number of nitrogens with one attached hydrogen (secondary N) is 1. The van der Waals surface area contributed by atoms with E-state index >= 15 is 0 Å². The van der Waals surface area contributed by atoms with E-state index in [1.54, 1.807) is 26.0 Å². The highest BCUT2D eigenvalue weighted by molar-refractivity contribution is 7.89. The molecule has 0 aliphatic carbocycles. The lowest BCUT2D eigenvalue weighted by Gasteiger charge is -2.26. The van der Waals surface area contributed by atoms with Gasteiger partial charge in [-0.05, 0) is 32.0 Å². The number of fused-ring (bicyclic) bond motifs is 1. The summed E-state index contributed by atoms with van der Waals surface area (Å²) in [7, 11) is -3.68. The summed E-state index contributed by atoms with van der Waals surface area (Å²) >= 11 is 11.2. The monoisotopic (exact) mass is 330 g/mol. The molecule has 0 saturated heterocycles. The highest BCUT2D eigenvalue weighted by Gasteiger charge is 2.36. The second-order valence-electron chi connectivity index (χ2n) is 4.81. The lowest BCUT2D eigenvalue weighted by molar-refractivity contribution is 0.419. The quantitative estimate of drug-likeness (QED) is 0.669. The average Bonchev–Trinajstić information content (AvgIpc) is 2.41. The van der Waals surface area contributed by atoms with Crippen LogP contribution in [0.15, 0.2) is 35.2 Å². The van der Waals surface area contributed by atoms with Crippen LogP contribution in [0.4, 0.5) is 5.69 Å². The molecule has 1 aromatic rings. The van der Waals surface area contributed by atoms with Gasteiger partial charge in [-0.1, -0.05) is 36.0 Å². The normalized spacial score (nSPS) is 21.8. The number of rotatable bonds is 2. The van der Waals surface area contributed by atoms with Gasteiger partial charge in [0.25, 0.3) is 0 Å². The number of thiocarbonyl (C=S) groups is 1. The van der Waals surface area contributed by atoms with Crippen LogP contribution in [0.5, 0.6) is 0 Å². The maximum absolute atomic E-state index is 12.8. The Morgan fingerprint density at radius 1 is 1.55 bits per heavy atom. The van der Waals surface area contributed by atoms with Crippen molar-refractivity contribution in [1.29, 1.82) is 0 Å². The van der Waals surface area contributed by atoms with E-state index in [9.17, 15) is 8.42 Å². The Hall–Kier alpha value is -0.950. The molecule has 1 aliphatic rings. The van der Waals surface area contributed by atoms with Gasteiger partial charge < -0.3 is 5.32 Å². The van der Waals surface area contributed by atoms with Crippen molar-refractivity contribution in [3.63, 3.8) is 0 Å². The SMILES string of the molecule is C=C(C)CN1C(C)C(=S)Nc2ccc(Cl)cc2S1(=O)=O. The fraction of sp³-hybridized carbons (Fsp3) is 0.308. The number of hydrogen-bond acceptors (Lipinski definition) is 3. The van der Waals surface area contributed by atoms with Crippen LogP contribution < -0.4 is 5.32 Å². The van der Waals surface area contributed by atoms with Crippen molar-refractivity contribution in [2.75, 3.05) is 11.9 Å². The molecule has 108 valence electrons. The Balaban J connectivity index is 2.66. The van der Waals surface area contributed by atoms with Crippen molar-refractivity contribution in [1.82, 2.24) is 4.31 Å². The van der Waals surface area contributed by atoms with Crippen molar-refractivity contribution in [3.05, 3.63) is 35.4 Å². The molecular formula is C13H15ClN2O2S2. The van der Waals surface area contributed by atoms with Gasteiger partial charge in [0, 0.05) is 11.6 Å². The minimum absolute atomic E-state index is 0.137. The largest absolute Gasteiger partial charge is 0.348 e. The van der Waals surface area contributed by atoms with Crippen molar-refractivity contribution in [2.45, 2.75) is 24.8 Å². The molecule has 0 radical (unpaired) electrons. The van der Waals surface area contributed by atoms with Crippen molar-refractivity contribution in [3.8, 4) is 0 Å². The zero-order valence-electron chi connectivity index (χ0n) is 11.2. The summed E-state index contributed by atoms with van der Waals surface area (Å²) in [6, 6.07) is 4.24. The van der Waals surface area contributed by atoms with Crippen LogP contribution >= 0.6 is 23.8 Å². The van der Waals surface area contributed by atoms with Crippen molar-refractivity contribution < 1.29 is 8.42 Å². The number of hydrogen-bond donors (Lipinski definition) is 1. The zero-order valence-corrected chi connectivity index (χ0v) is 13.6. The summed E-state index contributed by atoms with van der Waals surface area (Å²) in [5.41, 5.74) is 1.20. The summed E-state index contributed by atoms with van der Waals surface area (Å²) in [5.74, 6) is 0. The van der Waals surface area contributed by atoms with E-state index in [1.807, 2.05) is 0 Å². The lowest BCUT2D eigenvalue weighted by Crippen LogP contribution is -2.43. The summed E-state index contributed by atoms with van der Waals surface area (Å²) in [5, 5.41) is 3.35. The third kappa shape index (κ3) is 2.74. The molecule has 1 aliphatic heterocycles. The fourth-order valence-corrected chi connectivity index (χ4v) is 4.38. The van der Waals surface area contributed by atoms with Crippen LogP contribution in [0.1, 0.15) is 13.8 Å². The molecule has 0 saturated carbocycles. The first-order valence-electron chi connectivity index (χ1n) is 6.00. The number of sulfonamides is 1. The molecule has 20 heavy (non-hydrogen) atoms. The van der Waals surface area contributed by atoms with Gasteiger partial charge >= 0.3 is 0 Å². The Morgan fingerprint density at radius 3 is 2.80 bits per heavy atom.